The van der Waals surface area contributed by atoms with Gasteiger partial charge in [0.25, 0.3) is 0 Å². The largest absolute Gasteiger partial charge is 0.422 e. The van der Waals surface area contributed by atoms with Gasteiger partial charge in [0.05, 0.1) is 0 Å². The minimum absolute atomic E-state index is 0.0897. The van der Waals surface area contributed by atoms with Crippen LogP contribution in [0.1, 0.15) is 50.9 Å². The molecule has 1 atom stereocenters. The van der Waals surface area contributed by atoms with Gasteiger partial charge < -0.3 is 15.5 Å². The third-order valence-corrected chi connectivity index (χ3v) is 2.33. The minimum Gasteiger partial charge on any atom is -0.422 e. The number of hydrogen-bond donors (Lipinski definition) is 2. The van der Waals surface area contributed by atoms with E-state index < -0.39 is 5.91 Å². The van der Waals surface area contributed by atoms with Gasteiger partial charge in [-0.25, -0.2) is 0 Å². The van der Waals surface area contributed by atoms with Crippen LogP contribution in [-0.4, -0.2) is 22.0 Å². The molecule has 0 spiro atoms. The Bertz CT molecular complexity index is 416. The summed E-state index contributed by atoms with van der Waals surface area (Å²) in [5.74, 6) is -0.208. The maximum atomic E-state index is 11.1. The number of nitrogens with one attached hydrogen (secondary N) is 1. The van der Waals surface area contributed by atoms with Crippen LogP contribution in [0.25, 0.3) is 0 Å². The van der Waals surface area contributed by atoms with Crippen molar-refractivity contribution in [2.75, 3.05) is 0 Å². The second-order valence-electron chi connectivity index (χ2n) is 4.07. The van der Waals surface area contributed by atoms with Crippen molar-refractivity contribution in [1.82, 2.24) is 15.5 Å². The van der Waals surface area contributed by atoms with Crippen LogP contribution in [-0.2, 0) is 16.0 Å². The Morgan fingerprint density at radius 2 is 2.17 bits per heavy atom. The Hall–Kier alpha value is -1.92. The first-order valence-corrected chi connectivity index (χ1v) is 5.90. The predicted octanol–water partition coefficient (Wildman–Crippen LogP) is 0.465. The van der Waals surface area contributed by atoms with Gasteiger partial charge in [0.2, 0.25) is 23.6 Å². The summed E-state index contributed by atoms with van der Waals surface area (Å²) in [6.07, 6.45) is 2.55. The van der Waals surface area contributed by atoms with E-state index in [-0.39, 0.29) is 24.3 Å². The quantitative estimate of drug-likeness (QED) is 0.734. The van der Waals surface area contributed by atoms with E-state index in [2.05, 4.69) is 22.4 Å². The van der Waals surface area contributed by atoms with Gasteiger partial charge in [-0.1, -0.05) is 19.8 Å². The van der Waals surface area contributed by atoms with Crippen LogP contribution in [0.2, 0.25) is 0 Å². The molecule has 1 rings (SSSR count). The SMILES string of the molecule is CCCC[C@H](NC(C)=O)c1nnc(CC(N)=O)o1. The molecule has 3 N–H and O–H groups in total. The third-order valence-electron chi connectivity index (χ3n) is 2.33. The lowest BCUT2D eigenvalue weighted by molar-refractivity contribution is -0.120. The maximum Gasteiger partial charge on any atom is 0.238 e. The molecule has 0 aromatic carbocycles. The van der Waals surface area contributed by atoms with E-state index >= 15 is 0 Å². The summed E-state index contributed by atoms with van der Waals surface area (Å²) in [7, 11) is 0. The van der Waals surface area contributed by atoms with Crippen LogP contribution >= 0.6 is 0 Å². The Morgan fingerprint density at radius 3 is 2.72 bits per heavy atom. The number of nitrogens with zero attached hydrogens (tertiary/aromatic N) is 2. The van der Waals surface area contributed by atoms with Gasteiger partial charge in [0.1, 0.15) is 12.5 Å². The molecule has 1 aromatic rings. The highest BCUT2D eigenvalue weighted by Crippen LogP contribution is 2.18. The number of nitrogens with two attached hydrogens (primary N) is 1. The summed E-state index contributed by atoms with van der Waals surface area (Å²) in [5.41, 5.74) is 5.03. The van der Waals surface area contributed by atoms with Crippen molar-refractivity contribution in [2.24, 2.45) is 5.73 Å². The molecule has 0 unspecified atom stereocenters. The van der Waals surface area contributed by atoms with Gasteiger partial charge in [-0.15, -0.1) is 10.2 Å². The van der Waals surface area contributed by atoms with Gasteiger partial charge in [0, 0.05) is 6.92 Å². The molecule has 1 aromatic heterocycles. The highest BCUT2D eigenvalue weighted by atomic mass is 16.4. The van der Waals surface area contributed by atoms with Crippen LogP contribution in [0.5, 0.6) is 0 Å². The fourth-order valence-electron chi connectivity index (χ4n) is 1.54. The van der Waals surface area contributed by atoms with Crippen LogP contribution in [0.3, 0.4) is 0 Å². The molecule has 0 radical (unpaired) electrons. The van der Waals surface area contributed by atoms with Crippen LogP contribution in [0.15, 0.2) is 4.42 Å². The number of carbonyl (C=O) groups excluding carboxylic acids is 2. The maximum absolute atomic E-state index is 11.1. The number of aromatic nitrogens is 2. The highest BCUT2D eigenvalue weighted by molar-refractivity contribution is 5.75. The van der Waals surface area contributed by atoms with Crippen molar-refractivity contribution in [3.05, 3.63) is 11.8 Å². The van der Waals surface area contributed by atoms with E-state index in [0.717, 1.165) is 12.8 Å². The standard InChI is InChI=1S/C11H18N4O3/c1-3-4-5-8(13-7(2)16)11-15-14-10(18-11)6-9(12)17/h8H,3-6H2,1-2H3,(H2,12,17)(H,13,16)/t8-/m0/s1. The molecular weight excluding hydrogens is 236 g/mol. The summed E-state index contributed by atoms with van der Waals surface area (Å²) < 4.78 is 5.32. The number of amides is 2. The average Bonchev–Trinajstić information content (AvgIpc) is 2.71. The molecular formula is C11H18N4O3. The van der Waals surface area contributed by atoms with Crippen LogP contribution < -0.4 is 11.1 Å². The van der Waals surface area contributed by atoms with Crippen molar-refractivity contribution >= 4 is 11.8 Å². The van der Waals surface area contributed by atoms with E-state index in [4.69, 9.17) is 10.2 Å². The molecule has 18 heavy (non-hydrogen) atoms. The molecule has 7 heteroatoms. The number of primary amides is 1. The third kappa shape index (κ3) is 4.52. The molecule has 0 aliphatic heterocycles. The van der Waals surface area contributed by atoms with E-state index in [1.165, 1.54) is 6.92 Å². The Labute approximate surface area is 105 Å². The fraction of sp³-hybridized carbons (Fsp3) is 0.636. The summed E-state index contributed by atoms with van der Waals surface area (Å²) in [6, 6.07) is -0.309. The Balaban J connectivity index is 2.74. The lowest BCUT2D eigenvalue weighted by Gasteiger charge is -2.12. The molecule has 1 heterocycles. The van der Waals surface area contributed by atoms with E-state index in [0.29, 0.717) is 12.3 Å². The van der Waals surface area contributed by atoms with Crippen molar-refractivity contribution in [1.29, 1.82) is 0 Å². The van der Waals surface area contributed by atoms with Crippen molar-refractivity contribution in [3.63, 3.8) is 0 Å². The van der Waals surface area contributed by atoms with Gasteiger partial charge in [-0.3, -0.25) is 9.59 Å². The van der Waals surface area contributed by atoms with Crippen molar-refractivity contribution in [2.45, 2.75) is 45.6 Å². The summed E-state index contributed by atoms with van der Waals surface area (Å²) in [4.78, 5) is 21.8. The van der Waals surface area contributed by atoms with E-state index in [1.807, 2.05) is 0 Å². The molecule has 0 fully saturated rings. The number of hydrogen-bond acceptors (Lipinski definition) is 5. The monoisotopic (exact) mass is 254 g/mol. The second kappa shape index (κ2) is 6.73. The molecule has 100 valence electrons. The van der Waals surface area contributed by atoms with Gasteiger partial charge >= 0.3 is 0 Å². The van der Waals surface area contributed by atoms with Crippen LogP contribution in [0.4, 0.5) is 0 Å². The normalized spacial score (nSPS) is 12.1. The Morgan fingerprint density at radius 1 is 1.44 bits per heavy atom. The zero-order valence-corrected chi connectivity index (χ0v) is 10.6. The molecule has 7 nitrogen and oxygen atoms in total. The molecule has 0 saturated carbocycles. The molecule has 0 aliphatic carbocycles. The number of unbranched alkanes of at least 4 members (excludes halogenated alkanes) is 1. The molecule has 0 saturated heterocycles. The summed E-state index contributed by atoms with van der Waals surface area (Å²) >= 11 is 0. The second-order valence-corrected chi connectivity index (χ2v) is 4.07. The van der Waals surface area contributed by atoms with Crippen LogP contribution in [0, 0.1) is 0 Å². The predicted molar refractivity (Wildman–Crippen MR) is 63.3 cm³/mol. The number of carbonyl (C=O) groups is 2. The molecule has 0 bridgehead atoms. The van der Waals surface area contributed by atoms with Gasteiger partial charge in [-0.2, -0.15) is 0 Å². The van der Waals surface area contributed by atoms with Crippen molar-refractivity contribution in [3.8, 4) is 0 Å². The smallest absolute Gasteiger partial charge is 0.238 e. The zero-order valence-electron chi connectivity index (χ0n) is 10.6. The first kappa shape index (κ1) is 14.1. The van der Waals surface area contributed by atoms with Crippen molar-refractivity contribution < 1.29 is 14.0 Å². The molecule has 2 amide bonds. The van der Waals surface area contributed by atoms with Gasteiger partial charge in [0.15, 0.2) is 0 Å². The van der Waals surface area contributed by atoms with E-state index in [1.54, 1.807) is 0 Å². The lowest BCUT2D eigenvalue weighted by Crippen LogP contribution is -2.26. The number of rotatable bonds is 7. The summed E-state index contributed by atoms with van der Waals surface area (Å²) in [5, 5.41) is 10.3. The Kier molecular flexibility index (Phi) is 5.29. The molecule has 0 aliphatic rings. The van der Waals surface area contributed by atoms with E-state index in [9.17, 15) is 9.59 Å². The topological polar surface area (TPSA) is 111 Å². The minimum atomic E-state index is -0.533. The fourth-order valence-corrected chi connectivity index (χ4v) is 1.54. The average molecular weight is 254 g/mol. The lowest BCUT2D eigenvalue weighted by atomic mass is 10.1. The first-order chi connectivity index (χ1) is 8.52. The summed E-state index contributed by atoms with van der Waals surface area (Å²) in [6.45, 7) is 3.48. The first-order valence-electron chi connectivity index (χ1n) is 5.90. The zero-order chi connectivity index (χ0) is 13.5. The van der Waals surface area contributed by atoms with Gasteiger partial charge in [-0.05, 0) is 6.42 Å². The highest BCUT2D eigenvalue weighted by Gasteiger charge is 2.19.